The molecular weight excluding hydrogens is 285 g/mol. The second-order valence-corrected chi connectivity index (χ2v) is 5.27. The van der Waals surface area contributed by atoms with Crippen LogP contribution in [0.5, 0.6) is 5.75 Å². The predicted octanol–water partition coefficient (Wildman–Crippen LogP) is 3.58. The summed E-state index contributed by atoms with van der Waals surface area (Å²) in [6.45, 7) is 3.98. The molecule has 0 saturated carbocycles. The third kappa shape index (κ3) is 5.59. The summed E-state index contributed by atoms with van der Waals surface area (Å²) < 4.78 is 0. The molecule has 2 rings (SSSR count). The molecule has 0 spiro atoms. The molecule has 1 atom stereocenters. The van der Waals surface area contributed by atoms with E-state index in [0.29, 0.717) is 11.6 Å². The molecule has 1 aromatic heterocycles. The molecule has 0 bridgehead atoms. The minimum atomic E-state index is 0. The fraction of sp³-hybridized carbons (Fsp3) is 0.412. The van der Waals surface area contributed by atoms with Crippen LogP contribution in [0.15, 0.2) is 36.5 Å². The average molecular weight is 309 g/mol. The van der Waals surface area contributed by atoms with Crippen molar-refractivity contribution < 1.29 is 5.11 Å². The molecule has 0 amide bonds. The van der Waals surface area contributed by atoms with Crippen LogP contribution in [-0.2, 0) is 0 Å². The molecule has 0 saturated heterocycles. The van der Waals surface area contributed by atoms with Crippen molar-refractivity contribution >= 4 is 35.5 Å². The molecule has 2 N–H and O–H groups in total. The summed E-state index contributed by atoms with van der Waals surface area (Å²) in [4.78, 5) is 8.45. The minimum absolute atomic E-state index is 0. The van der Waals surface area contributed by atoms with Crippen LogP contribution in [0.3, 0.4) is 0 Å². The molecule has 0 aliphatic heterocycles. The number of aryl methyl sites for hydroxylation is 1. The molecule has 1 unspecified atom stereocenters. The van der Waals surface area contributed by atoms with Gasteiger partial charge in [0.2, 0.25) is 5.95 Å². The zero-order chi connectivity index (χ0) is 15.1. The van der Waals surface area contributed by atoms with Gasteiger partial charge in [0.25, 0.3) is 0 Å². The second-order valence-electron chi connectivity index (χ2n) is 5.27. The van der Waals surface area contributed by atoms with E-state index in [1.54, 1.807) is 6.92 Å². The maximum absolute atomic E-state index is 9.52. The average Bonchev–Trinajstić information content (AvgIpc) is 2.51. The molecule has 0 aliphatic carbocycles. The van der Waals surface area contributed by atoms with E-state index in [4.69, 9.17) is 0 Å². The van der Waals surface area contributed by atoms with Gasteiger partial charge in [-0.1, -0.05) is 56.5 Å². The Morgan fingerprint density at radius 2 is 1.91 bits per heavy atom. The van der Waals surface area contributed by atoms with E-state index in [2.05, 4.69) is 34.3 Å². The number of hydrogen-bond donors (Lipinski definition) is 2. The first kappa shape index (κ1) is 18.9. The first-order valence-corrected chi connectivity index (χ1v) is 7.54. The van der Waals surface area contributed by atoms with Crippen LogP contribution in [0.2, 0.25) is 0 Å². The van der Waals surface area contributed by atoms with Gasteiger partial charge in [0.15, 0.2) is 5.75 Å². The van der Waals surface area contributed by atoms with Crippen molar-refractivity contribution in [2.75, 3.05) is 5.32 Å². The number of hydrogen-bond acceptors (Lipinski definition) is 4. The summed E-state index contributed by atoms with van der Waals surface area (Å²) in [5, 5.41) is 12.9. The Morgan fingerprint density at radius 1 is 1.18 bits per heavy atom. The molecule has 1 aromatic carbocycles. The zero-order valence-corrected chi connectivity index (χ0v) is 12.7. The molecule has 2 aromatic rings. The quantitative estimate of drug-likeness (QED) is 0.606. The van der Waals surface area contributed by atoms with Crippen molar-refractivity contribution in [1.82, 2.24) is 9.97 Å². The van der Waals surface area contributed by atoms with Gasteiger partial charge in [0, 0.05) is 0 Å². The Balaban J connectivity index is 0.00000242. The van der Waals surface area contributed by atoms with Crippen LogP contribution in [0, 0.1) is 6.92 Å². The van der Waals surface area contributed by atoms with Gasteiger partial charge in [-0.25, -0.2) is 9.97 Å². The summed E-state index contributed by atoms with van der Waals surface area (Å²) in [6.07, 6.45) is 6.08. The summed E-state index contributed by atoms with van der Waals surface area (Å²) in [5.74, 6) is 0.693. The van der Waals surface area contributed by atoms with E-state index < -0.39 is 0 Å². The van der Waals surface area contributed by atoms with Gasteiger partial charge in [-0.2, -0.15) is 0 Å². The van der Waals surface area contributed by atoms with Gasteiger partial charge in [-0.05, 0) is 18.9 Å². The van der Waals surface area contributed by atoms with Gasteiger partial charge in [0.05, 0.1) is 17.9 Å². The monoisotopic (exact) mass is 309 g/mol. The van der Waals surface area contributed by atoms with Crippen LogP contribution >= 0.6 is 0 Å². The van der Waals surface area contributed by atoms with Gasteiger partial charge in [0.1, 0.15) is 0 Å². The van der Waals surface area contributed by atoms with E-state index >= 15 is 0 Å². The molecule has 22 heavy (non-hydrogen) atoms. The maximum atomic E-state index is 9.52. The normalized spacial score (nSPS) is 11.5. The number of unbranched alkanes of at least 4 members (excludes halogenated alkanes) is 2. The third-order valence-electron chi connectivity index (χ3n) is 3.56. The Hall–Kier alpha value is -1.10. The van der Waals surface area contributed by atoms with Gasteiger partial charge >= 0.3 is 29.6 Å². The van der Waals surface area contributed by atoms with Gasteiger partial charge in [-0.15, -0.1) is 0 Å². The van der Waals surface area contributed by atoms with Gasteiger partial charge in [-0.3, -0.25) is 0 Å². The summed E-state index contributed by atoms with van der Waals surface area (Å²) >= 11 is 0. The summed E-state index contributed by atoms with van der Waals surface area (Å²) in [5.41, 5.74) is 1.83. The second kappa shape index (κ2) is 9.82. The van der Waals surface area contributed by atoms with Crippen LogP contribution < -0.4 is 5.32 Å². The van der Waals surface area contributed by atoms with E-state index in [-0.39, 0.29) is 41.3 Å². The Labute approximate surface area is 154 Å². The Bertz CT molecular complexity index is 563. The number of nitrogens with zero attached hydrogens (tertiary/aromatic N) is 2. The van der Waals surface area contributed by atoms with E-state index in [0.717, 1.165) is 6.42 Å². The van der Waals surface area contributed by atoms with E-state index in [1.165, 1.54) is 31.0 Å². The topological polar surface area (TPSA) is 58.0 Å². The van der Waals surface area contributed by atoms with Crippen molar-refractivity contribution in [1.29, 1.82) is 0 Å². The third-order valence-corrected chi connectivity index (χ3v) is 3.56. The molecule has 5 heteroatoms. The molecule has 0 radical (unpaired) electrons. The number of nitrogens with one attached hydrogen (secondary N) is 1. The number of benzene rings is 1. The summed E-state index contributed by atoms with van der Waals surface area (Å²) in [6, 6.07) is 10.6. The molecule has 0 aliphatic rings. The number of anilines is 1. The number of aromatic nitrogens is 2. The number of aromatic hydroxyl groups is 1. The van der Waals surface area contributed by atoms with E-state index in [1.807, 2.05) is 18.2 Å². The van der Waals surface area contributed by atoms with Crippen LogP contribution in [0.4, 0.5) is 5.95 Å². The van der Waals surface area contributed by atoms with Crippen molar-refractivity contribution in [3.05, 3.63) is 47.8 Å². The Morgan fingerprint density at radius 3 is 2.55 bits per heavy atom. The summed E-state index contributed by atoms with van der Waals surface area (Å²) in [7, 11) is 0. The van der Waals surface area contributed by atoms with Crippen molar-refractivity contribution in [2.45, 2.75) is 45.6 Å². The molecule has 0 fully saturated rings. The molecule has 114 valence electrons. The molecular formula is C17H24N3NaO. The van der Waals surface area contributed by atoms with Crippen LogP contribution in [-0.4, -0.2) is 44.6 Å². The SMILES string of the molecule is CCCCCC(Nc1ncc(O)c(C)n1)c1ccccc1.[NaH]. The molecule has 4 nitrogen and oxygen atoms in total. The first-order valence-electron chi connectivity index (χ1n) is 7.54. The van der Waals surface area contributed by atoms with Crippen molar-refractivity contribution in [3.63, 3.8) is 0 Å². The predicted molar refractivity (Wildman–Crippen MR) is 92.5 cm³/mol. The van der Waals surface area contributed by atoms with Crippen molar-refractivity contribution in [3.8, 4) is 5.75 Å². The van der Waals surface area contributed by atoms with Crippen molar-refractivity contribution in [2.24, 2.45) is 0 Å². The van der Waals surface area contributed by atoms with Gasteiger partial charge < -0.3 is 10.4 Å². The fourth-order valence-electron chi connectivity index (χ4n) is 2.29. The Kier molecular flexibility index (Phi) is 8.46. The number of rotatable bonds is 7. The fourth-order valence-corrected chi connectivity index (χ4v) is 2.29. The zero-order valence-electron chi connectivity index (χ0n) is 12.7. The van der Waals surface area contributed by atoms with Crippen LogP contribution in [0.25, 0.3) is 0 Å². The van der Waals surface area contributed by atoms with E-state index in [9.17, 15) is 5.11 Å². The standard InChI is InChI=1S/C17H23N3O.Na.H/c1-3-4-6-11-15(14-9-7-5-8-10-14)20-17-18-12-16(21)13(2)19-17;;/h5,7-10,12,15,21H,3-4,6,11H2,1-2H3,(H,18,19,20);;. The first-order chi connectivity index (χ1) is 10.2. The van der Waals surface area contributed by atoms with Crippen LogP contribution in [0.1, 0.15) is 49.9 Å². The molecule has 1 heterocycles.